The van der Waals surface area contributed by atoms with Crippen molar-refractivity contribution in [2.45, 2.75) is 26.3 Å². The number of methoxy groups -OCH3 is 1. The molecule has 0 amide bonds. The Balaban J connectivity index is 1.63. The molecule has 0 unspecified atom stereocenters. The molecule has 2 heterocycles. The zero-order valence-electron chi connectivity index (χ0n) is 16.0. The van der Waals surface area contributed by atoms with Gasteiger partial charge in [0.1, 0.15) is 5.75 Å². The molecular formula is C18H23N5O3S2. The summed E-state index contributed by atoms with van der Waals surface area (Å²) in [6.07, 6.45) is 2.24. The predicted molar refractivity (Wildman–Crippen MR) is 114 cm³/mol. The van der Waals surface area contributed by atoms with E-state index in [-0.39, 0.29) is 17.5 Å². The molecule has 0 aliphatic carbocycles. The lowest BCUT2D eigenvalue weighted by Crippen LogP contribution is -2.23. The van der Waals surface area contributed by atoms with Gasteiger partial charge >= 0.3 is 0 Å². The first kappa shape index (κ1) is 20.3. The maximum atomic E-state index is 11.7. The Morgan fingerprint density at radius 3 is 2.68 bits per heavy atom. The van der Waals surface area contributed by atoms with E-state index in [0.29, 0.717) is 11.5 Å². The third-order valence-corrected chi connectivity index (χ3v) is 6.59. The van der Waals surface area contributed by atoms with Crippen LogP contribution < -0.4 is 15.5 Å². The lowest BCUT2D eigenvalue weighted by Gasteiger charge is -2.11. The Morgan fingerprint density at radius 2 is 2.07 bits per heavy atom. The highest BCUT2D eigenvalue weighted by molar-refractivity contribution is 7.91. The van der Waals surface area contributed by atoms with Crippen molar-refractivity contribution in [3.63, 3.8) is 0 Å². The van der Waals surface area contributed by atoms with E-state index in [1.807, 2.05) is 38.1 Å². The number of ether oxygens (including phenoxy) is 1. The van der Waals surface area contributed by atoms with Crippen LogP contribution in [0.5, 0.6) is 5.75 Å². The summed E-state index contributed by atoms with van der Waals surface area (Å²) < 4.78 is 30.4. The van der Waals surface area contributed by atoms with Gasteiger partial charge in [-0.1, -0.05) is 0 Å². The van der Waals surface area contributed by atoms with Crippen molar-refractivity contribution in [1.82, 2.24) is 15.2 Å². The molecule has 1 aromatic heterocycles. The molecule has 2 N–H and O–H groups in total. The second-order valence-corrected chi connectivity index (χ2v) is 9.28. The Bertz CT molecular complexity index is 997. The van der Waals surface area contributed by atoms with Crippen LogP contribution in [0.3, 0.4) is 0 Å². The summed E-state index contributed by atoms with van der Waals surface area (Å²) in [5, 5.41) is 12.1. The number of hydrogen-bond donors (Lipinski definition) is 2. The first-order valence-corrected chi connectivity index (χ1v) is 11.0. The molecule has 1 aliphatic heterocycles. The molecule has 1 aliphatic rings. The van der Waals surface area contributed by atoms with E-state index in [1.165, 1.54) is 0 Å². The molecule has 0 spiro atoms. The summed E-state index contributed by atoms with van der Waals surface area (Å²) in [5.74, 6) is 1.12. The summed E-state index contributed by atoms with van der Waals surface area (Å²) >= 11 is 5.24. The van der Waals surface area contributed by atoms with Gasteiger partial charge in [-0.2, -0.15) is 10.2 Å². The standard InChI is InChI=1S/C18H23N5O3S2/c1-12-17(13(2)23(22-12)15-8-9-28(24,25)11-15)10-19-21-18(27)20-14-4-6-16(26-3)7-5-14/h4-7,10,15H,8-9,11H2,1-3H3,(H2,20,21,27)/b19-10-/t15-/m1/s1. The van der Waals surface area contributed by atoms with Crippen molar-refractivity contribution in [2.75, 3.05) is 23.9 Å². The lowest BCUT2D eigenvalue weighted by molar-refractivity contribution is 0.415. The van der Waals surface area contributed by atoms with Crippen molar-refractivity contribution in [2.24, 2.45) is 5.10 Å². The van der Waals surface area contributed by atoms with Crippen LogP contribution in [0.2, 0.25) is 0 Å². The SMILES string of the molecule is COc1ccc(NC(=S)N/N=C\c2c(C)nn([C@@H]3CCS(=O)(=O)C3)c2C)cc1. The van der Waals surface area contributed by atoms with Crippen LogP contribution in [-0.2, 0) is 9.84 Å². The molecular weight excluding hydrogens is 398 g/mol. The zero-order chi connectivity index (χ0) is 20.3. The smallest absolute Gasteiger partial charge is 0.191 e. The number of hydrazone groups is 1. The molecule has 0 radical (unpaired) electrons. The maximum Gasteiger partial charge on any atom is 0.191 e. The summed E-state index contributed by atoms with van der Waals surface area (Å²) in [6, 6.07) is 7.25. The number of nitrogens with zero attached hydrogens (tertiary/aromatic N) is 3. The van der Waals surface area contributed by atoms with Gasteiger partial charge in [-0.25, -0.2) is 8.42 Å². The van der Waals surface area contributed by atoms with Crippen LogP contribution >= 0.6 is 12.2 Å². The lowest BCUT2D eigenvalue weighted by atomic mass is 10.2. The second-order valence-electron chi connectivity index (χ2n) is 6.64. The molecule has 150 valence electrons. The number of anilines is 1. The molecule has 10 heteroatoms. The minimum absolute atomic E-state index is 0.114. The Morgan fingerprint density at radius 1 is 1.36 bits per heavy atom. The van der Waals surface area contributed by atoms with Crippen LogP contribution in [0.1, 0.15) is 29.4 Å². The van der Waals surface area contributed by atoms with Gasteiger partial charge in [-0.3, -0.25) is 10.1 Å². The summed E-state index contributed by atoms with van der Waals surface area (Å²) in [5.41, 5.74) is 6.13. The summed E-state index contributed by atoms with van der Waals surface area (Å²) in [6.45, 7) is 3.79. The van der Waals surface area contributed by atoms with E-state index >= 15 is 0 Å². The van der Waals surface area contributed by atoms with Gasteiger partial charge in [0.15, 0.2) is 14.9 Å². The van der Waals surface area contributed by atoms with Crippen molar-refractivity contribution >= 4 is 39.1 Å². The van der Waals surface area contributed by atoms with Gasteiger partial charge in [0.2, 0.25) is 0 Å². The first-order valence-electron chi connectivity index (χ1n) is 8.79. The van der Waals surface area contributed by atoms with Crippen molar-refractivity contribution in [1.29, 1.82) is 0 Å². The average molecular weight is 422 g/mol. The molecule has 1 fully saturated rings. The van der Waals surface area contributed by atoms with Gasteiger partial charge in [0.05, 0.1) is 36.6 Å². The van der Waals surface area contributed by atoms with Crippen molar-refractivity contribution in [3.8, 4) is 5.75 Å². The third-order valence-electron chi connectivity index (χ3n) is 4.64. The van der Waals surface area contributed by atoms with E-state index in [1.54, 1.807) is 18.0 Å². The number of thiocarbonyl (C=S) groups is 1. The van der Waals surface area contributed by atoms with Gasteiger partial charge in [-0.05, 0) is 56.8 Å². The predicted octanol–water partition coefficient (Wildman–Crippen LogP) is 2.19. The van der Waals surface area contributed by atoms with E-state index in [9.17, 15) is 8.42 Å². The summed E-state index contributed by atoms with van der Waals surface area (Å²) in [4.78, 5) is 0. The normalized spacial score (nSPS) is 18.3. The quantitative estimate of drug-likeness (QED) is 0.434. The van der Waals surface area contributed by atoms with Crippen LogP contribution in [0.25, 0.3) is 0 Å². The van der Waals surface area contributed by atoms with Gasteiger partial charge in [0, 0.05) is 16.9 Å². The highest BCUT2D eigenvalue weighted by Gasteiger charge is 2.31. The number of sulfone groups is 1. The fraction of sp³-hybridized carbons (Fsp3) is 0.389. The van der Waals surface area contributed by atoms with Crippen LogP contribution in [0.4, 0.5) is 5.69 Å². The number of benzene rings is 1. The molecule has 1 saturated heterocycles. The highest BCUT2D eigenvalue weighted by Crippen LogP contribution is 2.26. The molecule has 1 aromatic carbocycles. The van der Waals surface area contributed by atoms with E-state index in [4.69, 9.17) is 17.0 Å². The molecule has 2 aromatic rings. The number of nitrogens with one attached hydrogen (secondary N) is 2. The molecule has 8 nitrogen and oxygen atoms in total. The number of aromatic nitrogens is 2. The molecule has 28 heavy (non-hydrogen) atoms. The third kappa shape index (κ3) is 4.68. The summed E-state index contributed by atoms with van der Waals surface area (Å²) in [7, 11) is -1.35. The monoisotopic (exact) mass is 421 g/mol. The molecule has 3 rings (SSSR count). The van der Waals surface area contributed by atoms with Gasteiger partial charge in [0.25, 0.3) is 0 Å². The maximum absolute atomic E-state index is 11.7. The molecule has 0 saturated carbocycles. The van der Waals surface area contributed by atoms with E-state index in [0.717, 1.165) is 28.4 Å². The molecule has 0 bridgehead atoms. The topological polar surface area (TPSA) is 97.6 Å². The minimum Gasteiger partial charge on any atom is -0.497 e. The van der Waals surface area contributed by atoms with Crippen molar-refractivity contribution < 1.29 is 13.2 Å². The Kier molecular flexibility index (Phi) is 5.99. The second kappa shape index (κ2) is 8.27. The average Bonchev–Trinajstić information content (AvgIpc) is 3.15. The van der Waals surface area contributed by atoms with Crippen LogP contribution in [0, 0.1) is 13.8 Å². The fourth-order valence-electron chi connectivity index (χ4n) is 3.18. The first-order chi connectivity index (χ1) is 13.3. The van der Waals surface area contributed by atoms with Crippen LogP contribution in [0.15, 0.2) is 29.4 Å². The van der Waals surface area contributed by atoms with Crippen LogP contribution in [-0.4, -0.2) is 48.1 Å². The van der Waals surface area contributed by atoms with Gasteiger partial charge < -0.3 is 10.1 Å². The Hall–Kier alpha value is -2.46. The number of rotatable bonds is 5. The number of hydrogen-bond acceptors (Lipinski definition) is 6. The van der Waals surface area contributed by atoms with Crippen molar-refractivity contribution in [3.05, 3.63) is 41.2 Å². The Labute approximate surface area is 169 Å². The number of aryl methyl sites for hydroxylation is 1. The molecule has 1 atom stereocenters. The fourth-order valence-corrected chi connectivity index (χ4v) is 5.04. The zero-order valence-corrected chi connectivity index (χ0v) is 17.6. The largest absolute Gasteiger partial charge is 0.497 e. The van der Waals surface area contributed by atoms with Gasteiger partial charge in [-0.15, -0.1) is 0 Å². The van der Waals surface area contributed by atoms with E-state index < -0.39 is 9.84 Å². The minimum atomic E-state index is -2.97. The highest BCUT2D eigenvalue weighted by atomic mass is 32.2. The van der Waals surface area contributed by atoms with E-state index in [2.05, 4.69) is 20.9 Å².